The van der Waals surface area contributed by atoms with E-state index < -0.39 is 23.4 Å². The fourth-order valence-electron chi connectivity index (χ4n) is 1.03. The Balaban J connectivity index is 2.95. The Labute approximate surface area is 80.0 Å². The fraction of sp³-hybridized carbons (Fsp3) is 0.571. The van der Waals surface area contributed by atoms with E-state index in [1.807, 2.05) is 0 Å². The molecule has 1 N–H and O–H groups in total. The van der Waals surface area contributed by atoms with Crippen molar-refractivity contribution in [1.29, 1.82) is 0 Å². The lowest BCUT2D eigenvalue weighted by molar-refractivity contribution is -0.139. The number of nitrogens with one attached hydrogen (secondary N) is 1. The number of carbonyl (C=O) groups excluding carboxylic acids is 3. The van der Waals surface area contributed by atoms with Gasteiger partial charge in [-0.25, -0.2) is 4.79 Å². The third-order valence-corrected chi connectivity index (χ3v) is 1.95. The first-order valence-electron chi connectivity index (χ1n) is 3.65. The molecule has 0 aliphatic carbocycles. The molecule has 1 rings (SSSR count). The van der Waals surface area contributed by atoms with Crippen LogP contribution < -0.4 is 5.32 Å². The molecule has 1 aliphatic heterocycles. The summed E-state index contributed by atoms with van der Waals surface area (Å²) in [6.45, 7) is 3.05. The maximum Gasteiger partial charge on any atom is 0.331 e. The van der Waals surface area contributed by atoms with Crippen LogP contribution in [0.1, 0.15) is 13.8 Å². The van der Waals surface area contributed by atoms with Gasteiger partial charge in [-0.1, -0.05) is 0 Å². The van der Waals surface area contributed by atoms with Crippen LogP contribution in [0.5, 0.6) is 0 Å². The van der Waals surface area contributed by atoms with Gasteiger partial charge in [0.05, 0.1) is 0 Å². The molecule has 1 aliphatic rings. The summed E-state index contributed by atoms with van der Waals surface area (Å²) in [4.78, 5) is 34.1. The third-order valence-electron chi connectivity index (χ3n) is 1.72. The summed E-state index contributed by atoms with van der Waals surface area (Å²) < 4.78 is 0. The Morgan fingerprint density at radius 2 is 2.08 bits per heavy atom. The number of rotatable bonds is 1. The highest BCUT2D eigenvalue weighted by molar-refractivity contribution is 6.31. The SMILES string of the molecule is CC1(C)NC(=O)N(C(=O)CCl)C1=O. The van der Waals surface area contributed by atoms with Crippen LogP contribution in [0.2, 0.25) is 0 Å². The molecule has 5 nitrogen and oxygen atoms in total. The number of carbonyl (C=O) groups is 3. The summed E-state index contributed by atoms with van der Waals surface area (Å²) in [5.41, 5.74) is -1.02. The highest BCUT2D eigenvalue weighted by Gasteiger charge is 2.47. The van der Waals surface area contributed by atoms with Crippen molar-refractivity contribution in [3.8, 4) is 0 Å². The number of amides is 4. The minimum Gasteiger partial charge on any atom is -0.323 e. The Kier molecular flexibility index (Phi) is 2.30. The zero-order valence-electron chi connectivity index (χ0n) is 7.26. The molecule has 0 bridgehead atoms. The van der Waals surface area contributed by atoms with Crippen LogP contribution in [0.3, 0.4) is 0 Å². The van der Waals surface area contributed by atoms with E-state index in [0.29, 0.717) is 4.90 Å². The molecule has 1 fully saturated rings. The van der Waals surface area contributed by atoms with E-state index in [0.717, 1.165) is 0 Å². The molecule has 0 unspecified atom stereocenters. The zero-order valence-corrected chi connectivity index (χ0v) is 8.01. The van der Waals surface area contributed by atoms with Crippen molar-refractivity contribution < 1.29 is 14.4 Å². The normalized spacial score (nSPS) is 20.4. The lowest BCUT2D eigenvalue weighted by atomic mass is 10.1. The van der Waals surface area contributed by atoms with Gasteiger partial charge in [0.15, 0.2) is 0 Å². The molecule has 6 heteroatoms. The van der Waals surface area contributed by atoms with Gasteiger partial charge in [-0.15, -0.1) is 11.6 Å². The van der Waals surface area contributed by atoms with Gasteiger partial charge >= 0.3 is 6.03 Å². The lowest BCUT2D eigenvalue weighted by Crippen LogP contribution is -2.41. The van der Waals surface area contributed by atoms with Gasteiger partial charge < -0.3 is 5.32 Å². The van der Waals surface area contributed by atoms with Gasteiger partial charge in [-0.05, 0) is 13.8 Å². The molecule has 0 aromatic rings. The van der Waals surface area contributed by atoms with Crippen LogP contribution in [0.15, 0.2) is 0 Å². The van der Waals surface area contributed by atoms with Crippen molar-refractivity contribution in [2.45, 2.75) is 19.4 Å². The number of urea groups is 1. The highest BCUT2D eigenvalue weighted by atomic mass is 35.5. The molecule has 0 aromatic heterocycles. The quantitative estimate of drug-likeness (QED) is 0.486. The summed E-state index contributed by atoms with van der Waals surface area (Å²) in [7, 11) is 0. The first-order chi connectivity index (χ1) is 5.90. The van der Waals surface area contributed by atoms with Gasteiger partial charge in [0, 0.05) is 0 Å². The van der Waals surface area contributed by atoms with Crippen LogP contribution in [0.25, 0.3) is 0 Å². The number of hydrogen-bond acceptors (Lipinski definition) is 3. The number of hydrogen-bond donors (Lipinski definition) is 1. The summed E-state index contributed by atoms with van der Waals surface area (Å²) in [6, 6.07) is -0.708. The molecular weight excluding hydrogens is 196 g/mol. The Morgan fingerprint density at radius 3 is 2.38 bits per heavy atom. The maximum absolute atomic E-state index is 11.4. The van der Waals surface area contributed by atoms with Crippen LogP contribution in [0, 0.1) is 0 Å². The van der Waals surface area contributed by atoms with E-state index in [9.17, 15) is 14.4 Å². The Morgan fingerprint density at radius 1 is 1.54 bits per heavy atom. The first-order valence-corrected chi connectivity index (χ1v) is 4.19. The molecule has 13 heavy (non-hydrogen) atoms. The molecule has 1 saturated heterocycles. The minimum atomic E-state index is -1.02. The predicted molar refractivity (Wildman–Crippen MR) is 45.2 cm³/mol. The van der Waals surface area contributed by atoms with Gasteiger partial charge in [0.2, 0.25) is 0 Å². The van der Waals surface area contributed by atoms with Crippen molar-refractivity contribution >= 4 is 29.4 Å². The standard InChI is InChI=1S/C7H9ClN2O3/c1-7(2)5(12)10(4(11)3-8)6(13)9-7/h3H2,1-2H3,(H,9,13). The molecule has 0 aromatic carbocycles. The third kappa shape index (κ3) is 1.51. The minimum absolute atomic E-state index is 0.380. The molecule has 0 spiro atoms. The van der Waals surface area contributed by atoms with E-state index in [1.165, 1.54) is 13.8 Å². The molecule has 72 valence electrons. The smallest absolute Gasteiger partial charge is 0.323 e. The number of imide groups is 3. The Bertz CT molecular complexity index is 287. The van der Waals surface area contributed by atoms with Crippen LogP contribution in [0.4, 0.5) is 4.79 Å². The van der Waals surface area contributed by atoms with E-state index >= 15 is 0 Å². The van der Waals surface area contributed by atoms with Gasteiger partial charge in [0.25, 0.3) is 11.8 Å². The van der Waals surface area contributed by atoms with Crippen molar-refractivity contribution in [1.82, 2.24) is 10.2 Å². The molecular formula is C7H9ClN2O3. The van der Waals surface area contributed by atoms with Gasteiger partial charge in [-0.2, -0.15) is 4.90 Å². The monoisotopic (exact) mass is 204 g/mol. The summed E-state index contributed by atoms with van der Waals surface area (Å²) in [6.07, 6.45) is 0. The van der Waals surface area contributed by atoms with Crippen molar-refractivity contribution in [2.24, 2.45) is 0 Å². The average Bonchev–Trinajstić information content (AvgIpc) is 2.21. The van der Waals surface area contributed by atoms with Crippen molar-refractivity contribution in [3.05, 3.63) is 0 Å². The van der Waals surface area contributed by atoms with Crippen LogP contribution in [-0.4, -0.2) is 34.2 Å². The lowest BCUT2D eigenvalue weighted by Gasteiger charge is -2.13. The van der Waals surface area contributed by atoms with Crippen LogP contribution in [-0.2, 0) is 9.59 Å². The van der Waals surface area contributed by atoms with E-state index in [4.69, 9.17) is 11.6 Å². The summed E-state index contributed by atoms with van der Waals surface area (Å²) in [5.74, 6) is -1.65. The zero-order chi connectivity index (χ0) is 10.2. The van der Waals surface area contributed by atoms with Gasteiger partial charge in [-0.3, -0.25) is 9.59 Å². The van der Waals surface area contributed by atoms with Gasteiger partial charge in [0.1, 0.15) is 11.4 Å². The fourth-order valence-corrected chi connectivity index (χ4v) is 1.15. The van der Waals surface area contributed by atoms with Crippen molar-refractivity contribution in [2.75, 3.05) is 5.88 Å². The number of alkyl halides is 1. The molecule has 0 atom stereocenters. The second-order valence-electron chi connectivity index (χ2n) is 3.22. The van der Waals surface area contributed by atoms with E-state index in [-0.39, 0.29) is 5.88 Å². The number of halogens is 1. The van der Waals surface area contributed by atoms with E-state index in [2.05, 4.69) is 5.32 Å². The maximum atomic E-state index is 11.4. The number of nitrogens with zero attached hydrogens (tertiary/aromatic N) is 1. The highest BCUT2D eigenvalue weighted by Crippen LogP contribution is 2.16. The Hall–Kier alpha value is -1.10. The average molecular weight is 205 g/mol. The molecule has 4 amide bonds. The molecule has 0 saturated carbocycles. The first kappa shape index (κ1) is 9.98. The topological polar surface area (TPSA) is 66.5 Å². The second kappa shape index (κ2) is 2.99. The largest absolute Gasteiger partial charge is 0.331 e. The van der Waals surface area contributed by atoms with E-state index in [1.54, 1.807) is 0 Å². The molecule has 0 radical (unpaired) electrons. The van der Waals surface area contributed by atoms with Crippen molar-refractivity contribution in [3.63, 3.8) is 0 Å². The summed E-state index contributed by atoms with van der Waals surface area (Å²) in [5, 5.41) is 2.37. The van der Waals surface area contributed by atoms with Crippen LogP contribution >= 0.6 is 11.6 Å². The summed E-state index contributed by atoms with van der Waals surface area (Å²) >= 11 is 5.23. The molecule has 1 heterocycles. The predicted octanol–water partition coefficient (Wildman–Crippen LogP) is 0.0822. The second-order valence-corrected chi connectivity index (χ2v) is 3.49.